The average Bonchev–Trinajstić information content (AvgIpc) is 3.42. The highest BCUT2D eigenvalue weighted by Crippen LogP contribution is 2.29. The minimum atomic E-state index is -3.86. The summed E-state index contributed by atoms with van der Waals surface area (Å²) >= 11 is 0. The van der Waals surface area contributed by atoms with Crippen LogP contribution in [-0.4, -0.2) is 51.6 Å². The zero-order valence-electron chi connectivity index (χ0n) is 18.9. The number of ketones is 1. The summed E-state index contributed by atoms with van der Waals surface area (Å²) in [6.45, 7) is 3.82. The summed E-state index contributed by atoms with van der Waals surface area (Å²) in [4.78, 5) is 27.4. The first-order valence-corrected chi connectivity index (χ1v) is 12.4. The van der Waals surface area contributed by atoms with Crippen LogP contribution in [0.5, 0.6) is 0 Å². The van der Waals surface area contributed by atoms with E-state index in [1.165, 1.54) is 12.5 Å². The lowest BCUT2D eigenvalue weighted by atomic mass is 10.0. The number of halogens is 2. The van der Waals surface area contributed by atoms with Gasteiger partial charge in [-0.2, -0.15) is 5.10 Å². The SMILES string of the molecule is CCCS(=O)(=O)Nc1ccc(F)c(C(=O)c2c[nH]c3nc[nH+]c(NCCc4n[nH]c(C)n4)c23)c1F. The van der Waals surface area contributed by atoms with Crippen LogP contribution < -0.4 is 15.0 Å². The molecule has 4 rings (SSSR count). The maximum atomic E-state index is 15.2. The average molecular weight is 506 g/mol. The van der Waals surface area contributed by atoms with Crippen LogP contribution in [0.1, 0.15) is 40.9 Å². The molecule has 0 aliphatic rings. The van der Waals surface area contributed by atoms with Crippen molar-refractivity contribution in [2.24, 2.45) is 0 Å². The smallest absolute Gasteiger partial charge is 0.232 e. The second kappa shape index (κ2) is 9.74. The molecular weight excluding hydrogens is 482 g/mol. The Bertz CT molecular complexity index is 1500. The van der Waals surface area contributed by atoms with Gasteiger partial charge in [-0.05, 0) is 25.5 Å². The lowest BCUT2D eigenvalue weighted by Gasteiger charge is -2.11. The largest absolute Gasteiger partial charge is 0.332 e. The number of sulfonamides is 1. The van der Waals surface area contributed by atoms with Gasteiger partial charge in [0.15, 0.2) is 11.6 Å². The summed E-state index contributed by atoms with van der Waals surface area (Å²) in [5.41, 5.74) is -1.13. The number of nitrogens with zero attached hydrogens (tertiary/aromatic N) is 3. The minimum absolute atomic E-state index is 0.0491. The van der Waals surface area contributed by atoms with Crippen LogP contribution >= 0.6 is 0 Å². The highest BCUT2D eigenvalue weighted by atomic mass is 32.2. The van der Waals surface area contributed by atoms with E-state index in [-0.39, 0.29) is 11.3 Å². The first kappa shape index (κ1) is 24.2. The van der Waals surface area contributed by atoms with Gasteiger partial charge in [0.25, 0.3) is 0 Å². The highest BCUT2D eigenvalue weighted by Gasteiger charge is 2.28. The minimum Gasteiger partial charge on any atom is -0.332 e. The maximum absolute atomic E-state index is 15.2. The predicted molar refractivity (Wildman–Crippen MR) is 123 cm³/mol. The zero-order valence-corrected chi connectivity index (χ0v) is 19.7. The quantitative estimate of drug-likeness (QED) is 0.240. The third-order valence-electron chi connectivity index (χ3n) is 5.11. The van der Waals surface area contributed by atoms with Gasteiger partial charge in [-0.3, -0.25) is 14.6 Å². The van der Waals surface area contributed by atoms with Gasteiger partial charge in [0.1, 0.15) is 17.0 Å². The number of aromatic nitrogens is 6. The third-order valence-corrected chi connectivity index (χ3v) is 6.58. The summed E-state index contributed by atoms with van der Waals surface area (Å²) in [5, 5.41) is 10.2. The monoisotopic (exact) mass is 505 g/mol. The van der Waals surface area contributed by atoms with Crippen LogP contribution in [-0.2, 0) is 16.4 Å². The van der Waals surface area contributed by atoms with Crippen molar-refractivity contribution >= 4 is 38.3 Å². The molecule has 0 aliphatic carbocycles. The fourth-order valence-corrected chi connectivity index (χ4v) is 4.71. The Balaban J connectivity index is 1.67. The highest BCUT2D eigenvalue weighted by molar-refractivity contribution is 7.92. The summed E-state index contributed by atoms with van der Waals surface area (Å²) < 4.78 is 56.1. The molecule has 5 N–H and O–H groups in total. The van der Waals surface area contributed by atoms with Crippen LogP contribution in [0.3, 0.4) is 0 Å². The molecule has 4 aromatic rings. The van der Waals surface area contributed by atoms with Crippen LogP contribution in [0, 0.1) is 18.6 Å². The first-order valence-electron chi connectivity index (χ1n) is 10.7. The Hall–Kier alpha value is -3.94. The van der Waals surface area contributed by atoms with E-state index in [2.05, 4.69) is 40.2 Å². The molecule has 0 unspecified atom stereocenters. The Kier molecular flexibility index (Phi) is 6.73. The second-order valence-corrected chi connectivity index (χ2v) is 9.59. The Labute approximate surface area is 198 Å². The summed E-state index contributed by atoms with van der Waals surface area (Å²) in [6, 6.07) is 1.79. The van der Waals surface area contributed by atoms with Crippen molar-refractivity contribution in [2.75, 3.05) is 22.3 Å². The number of carbonyl (C=O) groups excluding carboxylic acids is 1. The zero-order chi connectivity index (χ0) is 25.2. The van der Waals surface area contributed by atoms with E-state index < -0.39 is 38.7 Å². The molecule has 0 bridgehead atoms. The van der Waals surface area contributed by atoms with E-state index in [4.69, 9.17) is 0 Å². The molecule has 0 spiro atoms. The molecule has 0 saturated carbocycles. The van der Waals surface area contributed by atoms with E-state index >= 15 is 4.39 Å². The van der Waals surface area contributed by atoms with E-state index in [0.29, 0.717) is 47.9 Å². The fraction of sp³-hybridized carbons (Fsp3) is 0.286. The molecule has 0 radical (unpaired) electrons. The number of nitrogens with one attached hydrogen (secondary N) is 5. The summed E-state index contributed by atoms with van der Waals surface area (Å²) in [6.07, 6.45) is 3.47. The van der Waals surface area contributed by atoms with Gasteiger partial charge in [-0.1, -0.05) is 11.9 Å². The molecule has 35 heavy (non-hydrogen) atoms. The van der Waals surface area contributed by atoms with E-state index in [1.807, 2.05) is 0 Å². The molecule has 1 aromatic carbocycles. The molecule has 0 amide bonds. The van der Waals surface area contributed by atoms with Gasteiger partial charge < -0.3 is 10.3 Å². The Morgan fingerprint density at radius 2 is 2.06 bits per heavy atom. The van der Waals surface area contributed by atoms with Crippen LogP contribution in [0.25, 0.3) is 11.0 Å². The normalized spacial score (nSPS) is 11.7. The summed E-state index contributed by atoms with van der Waals surface area (Å²) in [5.74, 6) is -1.98. The van der Waals surface area contributed by atoms with E-state index in [9.17, 15) is 17.6 Å². The molecule has 184 valence electrons. The van der Waals surface area contributed by atoms with Gasteiger partial charge in [0, 0.05) is 12.6 Å². The van der Waals surface area contributed by atoms with Gasteiger partial charge in [0.2, 0.25) is 33.6 Å². The number of anilines is 2. The summed E-state index contributed by atoms with van der Waals surface area (Å²) in [7, 11) is -3.86. The second-order valence-electron chi connectivity index (χ2n) is 7.75. The number of fused-ring (bicyclic) bond motifs is 1. The van der Waals surface area contributed by atoms with Crippen molar-refractivity contribution < 1.29 is 27.0 Å². The lowest BCUT2D eigenvalue weighted by Crippen LogP contribution is -2.19. The Morgan fingerprint density at radius 1 is 1.26 bits per heavy atom. The van der Waals surface area contributed by atoms with Gasteiger partial charge in [-0.15, -0.1) is 0 Å². The number of hydrogen-bond donors (Lipinski definition) is 4. The van der Waals surface area contributed by atoms with Crippen LogP contribution in [0.15, 0.2) is 24.7 Å². The molecule has 0 aliphatic heterocycles. The number of benzene rings is 1. The molecule has 0 atom stereocenters. The number of carbonyl (C=O) groups is 1. The topological polar surface area (TPSA) is 160 Å². The number of rotatable bonds is 10. The van der Waals surface area contributed by atoms with Crippen molar-refractivity contribution in [3.8, 4) is 0 Å². The van der Waals surface area contributed by atoms with Crippen molar-refractivity contribution in [3.05, 3.63) is 59.1 Å². The molecular formula is C21H23F2N8O3S+. The van der Waals surface area contributed by atoms with Gasteiger partial charge in [0.05, 0.1) is 29.1 Å². The maximum Gasteiger partial charge on any atom is 0.232 e. The van der Waals surface area contributed by atoms with Crippen LogP contribution in [0.4, 0.5) is 20.3 Å². The van der Waals surface area contributed by atoms with Crippen molar-refractivity contribution in [1.82, 2.24) is 25.1 Å². The van der Waals surface area contributed by atoms with Gasteiger partial charge >= 0.3 is 0 Å². The number of aromatic amines is 3. The number of H-pyrrole nitrogens is 3. The van der Waals surface area contributed by atoms with E-state index in [1.54, 1.807) is 13.8 Å². The first-order chi connectivity index (χ1) is 16.7. The molecule has 3 heterocycles. The van der Waals surface area contributed by atoms with Crippen LogP contribution in [0.2, 0.25) is 0 Å². The molecule has 11 nitrogen and oxygen atoms in total. The van der Waals surface area contributed by atoms with Gasteiger partial charge in [-0.25, -0.2) is 27.2 Å². The Morgan fingerprint density at radius 3 is 2.77 bits per heavy atom. The van der Waals surface area contributed by atoms with Crippen molar-refractivity contribution in [1.29, 1.82) is 0 Å². The third kappa shape index (κ3) is 5.11. The van der Waals surface area contributed by atoms with E-state index in [0.717, 1.165) is 12.1 Å². The molecule has 3 aromatic heterocycles. The predicted octanol–water partition coefficient (Wildman–Crippen LogP) is 2.12. The number of hydrogen-bond acceptors (Lipinski definition) is 7. The van der Waals surface area contributed by atoms with Crippen molar-refractivity contribution in [3.63, 3.8) is 0 Å². The molecule has 0 fully saturated rings. The lowest BCUT2D eigenvalue weighted by molar-refractivity contribution is -0.364. The van der Waals surface area contributed by atoms with Crippen molar-refractivity contribution in [2.45, 2.75) is 26.7 Å². The molecule has 14 heteroatoms. The molecule has 0 saturated heterocycles. The fourth-order valence-electron chi connectivity index (χ4n) is 3.58. The standard InChI is InChI=1S/C21H22F2N8O3S/c1-3-8-35(33,34)31-14-5-4-13(22)17(18(14)23)19(32)12-9-25-21-16(12)20(26-10-27-21)24-7-6-15-28-11(2)29-30-15/h4-5,9-10,31H,3,6-8H2,1-2H3,(H,28,29,30)(H2,24,25,26,27)/p+1. The number of aryl methyl sites for hydroxylation is 1.